The minimum atomic E-state index is 0.355. The van der Waals surface area contributed by atoms with Crippen LogP contribution < -0.4 is 0 Å². The number of likely N-dealkylation sites (tertiary alicyclic amines) is 1. The third kappa shape index (κ3) is 8.26. The van der Waals surface area contributed by atoms with E-state index in [9.17, 15) is 0 Å². The molecule has 0 saturated carbocycles. The molecule has 0 radical (unpaired) electrons. The van der Waals surface area contributed by atoms with E-state index in [1.807, 2.05) is 0 Å². The number of hydrogen-bond donors (Lipinski definition) is 1. The highest BCUT2D eigenvalue weighted by atomic mass is 16.2. The smallest absolute Gasteiger partial charge is 0.0431 e. The standard InChI is InChI=1S/C6H13N.C5H12O/c1-2-7-5-3-4-6-7;1-2-3-4-5-6/h2-6H2,1H3;6H,2-5H2,1H3. The van der Waals surface area contributed by atoms with Gasteiger partial charge < -0.3 is 10.0 Å². The summed E-state index contributed by atoms with van der Waals surface area (Å²) in [5.41, 5.74) is 0. The van der Waals surface area contributed by atoms with E-state index in [0.29, 0.717) is 6.61 Å². The number of rotatable bonds is 4. The van der Waals surface area contributed by atoms with Crippen LogP contribution in [0.15, 0.2) is 0 Å². The van der Waals surface area contributed by atoms with Gasteiger partial charge in [0, 0.05) is 6.61 Å². The first kappa shape index (κ1) is 12.9. The molecule has 2 heteroatoms. The van der Waals surface area contributed by atoms with Crippen LogP contribution in [0.4, 0.5) is 0 Å². The van der Waals surface area contributed by atoms with Crippen LogP contribution in [-0.2, 0) is 0 Å². The predicted molar refractivity (Wildman–Crippen MR) is 58.0 cm³/mol. The lowest BCUT2D eigenvalue weighted by molar-refractivity contribution is 0.284. The largest absolute Gasteiger partial charge is 0.396 e. The SMILES string of the molecule is CCCCCO.CCN1CCCC1. The fourth-order valence-electron chi connectivity index (χ4n) is 1.46. The van der Waals surface area contributed by atoms with Crippen LogP contribution in [0.3, 0.4) is 0 Å². The van der Waals surface area contributed by atoms with E-state index in [0.717, 1.165) is 12.8 Å². The predicted octanol–water partition coefficient (Wildman–Crippen LogP) is 2.27. The van der Waals surface area contributed by atoms with Crippen molar-refractivity contribution < 1.29 is 5.11 Å². The second kappa shape index (κ2) is 10.0. The van der Waals surface area contributed by atoms with E-state index < -0.39 is 0 Å². The average Bonchev–Trinajstić information content (AvgIpc) is 2.68. The van der Waals surface area contributed by atoms with Crippen molar-refractivity contribution in [3.05, 3.63) is 0 Å². The van der Waals surface area contributed by atoms with Gasteiger partial charge in [-0.1, -0.05) is 26.7 Å². The molecule has 0 spiro atoms. The third-order valence-electron chi connectivity index (χ3n) is 2.41. The fraction of sp³-hybridized carbons (Fsp3) is 1.00. The maximum atomic E-state index is 8.20. The summed E-state index contributed by atoms with van der Waals surface area (Å²) in [6, 6.07) is 0. The molecule has 0 aromatic heterocycles. The number of unbranched alkanes of at least 4 members (excludes halogenated alkanes) is 2. The van der Waals surface area contributed by atoms with Crippen molar-refractivity contribution in [2.24, 2.45) is 0 Å². The second-order valence-electron chi connectivity index (χ2n) is 3.57. The summed E-state index contributed by atoms with van der Waals surface area (Å²) in [7, 11) is 0. The molecule has 0 atom stereocenters. The van der Waals surface area contributed by atoms with Crippen molar-refractivity contribution in [2.45, 2.75) is 46.0 Å². The summed E-state index contributed by atoms with van der Waals surface area (Å²) in [5, 5.41) is 8.20. The topological polar surface area (TPSA) is 23.5 Å². The van der Waals surface area contributed by atoms with Gasteiger partial charge in [0.1, 0.15) is 0 Å². The second-order valence-corrected chi connectivity index (χ2v) is 3.57. The van der Waals surface area contributed by atoms with Crippen molar-refractivity contribution in [1.29, 1.82) is 0 Å². The number of aliphatic hydroxyl groups is 1. The third-order valence-corrected chi connectivity index (χ3v) is 2.41. The molecule has 1 aliphatic rings. The van der Waals surface area contributed by atoms with Gasteiger partial charge in [-0.15, -0.1) is 0 Å². The number of hydrogen-bond acceptors (Lipinski definition) is 2. The quantitative estimate of drug-likeness (QED) is 0.682. The molecular formula is C11H25NO. The maximum absolute atomic E-state index is 8.20. The zero-order valence-electron chi connectivity index (χ0n) is 9.26. The van der Waals surface area contributed by atoms with E-state index in [1.165, 1.54) is 38.9 Å². The van der Waals surface area contributed by atoms with E-state index in [4.69, 9.17) is 5.11 Å². The monoisotopic (exact) mass is 187 g/mol. The first-order valence-corrected chi connectivity index (χ1v) is 5.68. The maximum Gasteiger partial charge on any atom is 0.0431 e. The molecule has 13 heavy (non-hydrogen) atoms. The molecule has 1 heterocycles. The Morgan fingerprint density at radius 1 is 1.08 bits per heavy atom. The summed E-state index contributed by atoms with van der Waals surface area (Å²) in [5.74, 6) is 0. The Balaban J connectivity index is 0.000000226. The van der Waals surface area contributed by atoms with Crippen LogP contribution in [0.1, 0.15) is 46.0 Å². The van der Waals surface area contributed by atoms with Crippen molar-refractivity contribution in [2.75, 3.05) is 26.2 Å². The molecule has 0 bridgehead atoms. The molecule has 0 unspecified atom stereocenters. The first-order chi connectivity index (χ1) is 6.35. The Morgan fingerprint density at radius 3 is 1.92 bits per heavy atom. The van der Waals surface area contributed by atoms with Crippen LogP contribution >= 0.6 is 0 Å². The molecule has 0 aromatic carbocycles. The van der Waals surface area contributed by atoms with Gasteiger partial charge in [-0.2, -0.15) is 0 Å². The normalized spacial score (nSPS) is 16.8. The number of nitrogens with zero attached hydrogens (tertiary/aromatic N) is 1. The minimum absolute atomic E-state index is 0.355. The summed E-state index contributed by atoms with van der Waals surface area (Å²) in [4.78, 5) is 2.49. The highest BCUT2D eigenvalue weighted by Gasteiger charge is 2.06. The van der Waals surface area contributed by atoms with Crippen LogP contribution in [0.25, 0.3) is 0 Å². The summed E-state index contributed by atoms with van der Waals surface area (Å²) in [6.45, 7) is 8.64. The van der Waals surface area contributed by atoms with Crippen molar-refractivity contribution in [1.82, 2.24) is 4.90 Å². The Hall–Kier alpha value is -0.0800. The summed E-state index contributed by atoms with van der Waals surface area (Å²) >= 11 is 0. The lowest BCUT2D eigenvalue weighted by atomic mass is 10.3. The summed E-state index contributed by atoms with van der Waals surface area (Å²) in [6.07, 6.45) is 6.18. The van der Waals surface area contributed by atoms with Crippen LogP contribution in [0.5, 0.6) is 0 Å². The molecule has 1 rings (SSSR count). The Morgan fingerprint density at radius 2 is 1.69 bits per heavy atom. The molecule has 1 saturated heterocycles. The van der Waals surface area contributed by atoms with E-state index >= 15 is 0 Å². The van der Waals surface area contributed by atoms with Gasteiger partial charge in [-0.3, -0.25) is 0 Å². The molecule has 0 amide bonds. The van der Waals surface area contributed by atoms with Gasteiger partial charge in [0.2, 0.25) is 0 Å². The van der Waals surface area contributed by atoms with E-state index in [2.05, 4.69) is 18.7 Å². The van der Waals surface area contributed by atoms with Gasteiger partial charge in [-0.05, 0) is 38.9 Å². The van der Waals surface area contributed by atoms with Crippen molar-refractivity contribution in [3.63, 3.8) is 0 Å². The zero-order valence-corrected chi connectivity index (χ0v) is 9.26. The van der Waals surface area contributed by atoms with E-state index in [1.54, 1.807) is 0 Å². The molecule has 1 aliphatic heterocycles. The van der Waals surface area contributed by atoms with Crippen LogP contribution in [0, 0.1) is 0 Å². The molecule has 0 aliphatic carbocycles. The lowest BCUT2D eigenvalue weighted by Gasteiger charge is -2.08. The highest BCUT2D eigenvalue weighted by Crippen LogP contribution is 2.04. The lowest BCUT2D eigenvalue weighted by Crippen LogP contribution is -2.17. The molecule has 2 nitrogen and oxygen atoms in total. The molecule has 1 N–H and O–H groups in total. The van der Waals surface area contributed by atoms with Crippen molar-refractivity contribution >= 4 is 0 Å². The van der Waals surface area contributed by atoms with Crippen molar-refractivity contribution in [3.8, 4) is 0 Å². The molecule has 0 aromatic rings. The highest BCUT2D eigenvalue weighted by molar-refractivity contribution is 4.62. The van der Waals surface area contributed by atoms with Crippen LogP contribution in [0.2, 0.25) is 0 Å². The number of aliphatic hydroxyl groups excluding tert-OH is 1. The molecular weight excluding hydrogens is 162 g/mol. The fourth-order valence-corrected chi connectivity index (χ4v) is 1.46. The van der Waals surface area contributed by atoms with Gasteiger partial charge in [0.05, 0.1) is 0 Å². The summed E-state index contributed by atoms with van der Waals surface area (Å²) < 4.78 is 0. The molecule has 80 valence electrons. The first-order valence-electron chi connectivity index (χ1n) is 5.68. The Kier molecular flexibility index (Phi) is 9.94. The van der Waals surface area contributed by atoms with Gasteiger partial charge >= 0.3 is 0 Å². The Bertz CT molecular complexity index is 86.1. The van der Waals surface area contributed by atoms with E-state index in [-0.39, 0.29) is 0 Å². The van der Waals surface area contributed by atoms with Gasteiger partial charge in [-0.25, -0.2) is 0 Å². The molecule has 1 fully saturated rings. The average molecular weight is 187 g/mol. The van der Waals surface area contributed by atoms with Gasteiger partial charge in [0.15, 0.2) is 0 Å². The van der Waals surface area contributed by atoms with Crippen LogP contribution in [-0.4, -0.2) is 36.2 Å². The Labute approximate surface area is 82.9 Å². The van der Waals surface area contributed by atoms with Gasteiger partial charge in [0.25, 0.3) is 0 Å². The minimum Gasteiger partial charge on any atom is -0.396 e. The zero-order chi connectivity index (χ0) is 9.94.